The van der Waals surface area contributed by atoms with Crippen LogP contribution >= 0.6 is 11.6 Å². The van der Waals surface area contributed by atoms with Crippen LogP contribution in [0.2, 0.25) is 5.02 Å². The maximum absolute atomic E-state index is 11.7. The van der Waals surface area contributed by atoms with Crippen LogP contribution in [-0.2, 0) is 19.1 Å². The minimum atomic E-state index is -0.694. The average molecular weight is 340 g/mol. The highest BCUT2D eigenvalue weighted by Gasteiger charge is 2.22. The van der Waals surface area contributed by atoms with Gasteiger partial charge < -0.3 is 19.5 Å². The van der Waals surface area contributed by atoms with Crippen LogP contribution in [0.15, 0.2) is 30.0 Å². The Labute approximate surface area is 139 Å². The van der Waals surface area contributed by atoms with E-state index in [2.05, 4.69) is 14.8 Å². The minimum Gasteiger partial charge on any atom is -0.492 e. The van der Waals surface area contributed by atoms with Gasteiger partial charge in [-0.3, -0.25) is 0 Å². The Morgan fingerprint density at radius 3 is 2.61 bits per heavy atom. The molecule has 0 aromatic heterocycles. The van der Waals surface area contributed by atoms with Crippen molar-refractivity contribution in [1.82, 2.24) is 0 Å². The molecule has 1 aliphatic rings. The molecule has 0 atom stereocenters. The van der Waals surface area contributed by atoms with Gasteiger partial charge >= 0.3 is 11.9 Å². The quantitative estimate of drug-likeness (QED) is 0.608. The molecule has 23 heavy (non-hydrogen) atoms. The lowest BCUT2D eigenvalue weighted by Gasteiger charge is -2.12. The molecule has 0 unspecified atom stereocenters. The first-order valence-electron chi connectivity index (χ1n) is 7.10. The second-order valence-corrected chi connectivity index (χ2v) is 5.50. The summed E-state index contributed by atoms with van der Waals surface area (Å²) in [5.41, 5.74) is 0.469. The normalized spacial score (nSPS) is 14.1. The van der Waals surface area contributed by atoms with E-state index in [1.807, 2.05) is 0 Å². The van der Waals surface area contributed by atoms with Crippen molar-refractivity contribution in [3.05, 3.63) is 35.0 Å². The molecule has 0 heterocycles. The largest absolute Gasteiger partial charge is 0.492 e. The van der Waals surface area contributed by atoms with Gasteiger partial charge in [0.1, 0.15) is 11.4 Å². The van der Waals surface area contributed by atoms with Gasteiger partial charge in [-0.15, -0.1) is 0 Å². The van der Waals surface area contributed by atoms with E-state index in [4.69, 9.17) is 16.3 Å². The van der Waals surface area contributed by atoms with Crippen LogP contribution in [0, 0.1) is 5.92 Å². The number of hydrogen-bond acceptors (Lipinski definition) is 6. The van der Waals surface area contributed by atoms with Crippen LogP contribution in [-0.4, -0.2) is 32.8 Å². The lowest BCUT2D eigenvalue weighted by Crippen LogP contribution is -2.15. The Kier molecular flexibility index (Phi) is 5.87. The summed E-state index contributed by atoms with van der Waals surface area (Å²) in [5.74, 6) is -0.160. The third-order valence-corrected chi connectivity index (χ3v) is 3.55. The highest BCUT2D eigenvalue weighted by Crippen LogP contribution is 2.33. The summed E-state index contributed by atoms with van der Waals surface area (Å²) >= 11 is 6.17. The van der Waals surface area contributed by atoms with Gasteiger partial charge in [-0.25, -0.2) is 9.59 Å². The van der Waals surface area contributed by atoms with Gasteiger partial charge in [-0.05, 0) is 37.0 Å². The van der Waals surface area contributed by atoms with Crippen LogP contribution in [0.1, 0.15) is 12.8 Å². The number of halogens is 1. The lowest BCUT2D eigenvalue weighted by atomic mass is 10.2. The topological polar surface area (TPSA) is 73.9 Å². The van der Waals surface area contributed by atoms with Gasteiger partial charge in [0.05, 0.1) is 31.9 Å². The van der Waals surface area contributed by atoms with Crippen LogP contribution in [0.3, 0.4) is 0 Å². The van der Waals surface area contributed by atoms with E-state index < -0.39 is 11.9 Å². The fourth-order valence-electron chi connectivity index (χ4n) is 1.78. The highest BCUT2D eigenvalue weighted by atomic mass is 35.5. The number of carbonyl (C=O) groups excluding carboxylic acids is 2. The van der Waals surface area contributed by atoms with E-state index in [1.165, 1.54) is 27.1 Å². The Balaban J connectivity index is 2.09. The number of carbonyl (C=O) groups is 2. The summed E-state index contributed by atoms with van der Waals surface area (Å²) in [6, 6.07) is 5.01. The molecule has 1 aliphatic carbocycles. The maximum Gasteiger partial charge on any atom is 0.354 e. The lowest BCUT2D eigenvalue weighted by molar-refractivity contribution is -0.138. The summed E-state index contributed by atoms with van der Waals surface area (Å²) in [6.07, 6.45) is 3.40. The molecule has 0 amide bonds. The zero-order valence-corrected chi connectivity index (χ0v) is 13.7. The van der Waals surface area contributed by atoms with Crippen molar-refractivity contribution in [2.45, 2.75) is 12.8 Å². The summed E-state index contributed by atoms with van der Waals surface area (Å²) < 4.78 is 14.8. The molecular weight excluding hydrogens is 322 g/mol. The first-order valence-corrected chi connectivity index (χ1v) is 7.48. The van der Waals surface area contributed by atoms with E-state index in [-0.39, 0.29) is 5.70 Å². The van der Waals surface area contributed by atoms with E-state index >= 15 is 0 Å². The molecule has 1 saturated carbocycles. The fourth-order valence-corrected chi connectivity index (χ4v) is 2.01. The average Bonchev–Trinajstić information content (AvgIpc) is 3.36. The van der Waals surface area contributed by atoms with Gasteiger partial charge in [0, 0.05) is 5.69 Å². The van der Waals surface area contributed by atoms with Gasteiger partial charge in [0.25, 0.3) is 0 Å². The summed E-state index contributed by atoms with van der Waals surface area (Å²) in [7, 11) is 2.44. The molecule has 2 rings (SSSR count). The number of benzene rings is 1. The standard InChI is InChI=1S/C16H18ClNO5/c1-21-15(19)8-13(16(20)22-2)18-11-5-6-14(12(17)7-11)23-9-10-3-4-10/h5-8,10,18H,3-4,9H2,1-2H3/b13-8+. The number of nitrogens with one attached hydrogen (secondary N) is 1. The molecule has 1 fully saturated rings. The Morgan fingerprint density at radius 1 is 1.30 bits per heavy atom. The second-order valence-electron chi connectivity index (χ2n) is 5.10. The predicted molar refractivity (Wildman–Crippen MR) is 85.4 cm³/mol. The third kappa shape index (κ3) is 5.17. The van der Waals surface area contributed by atoms with Crippen LogP contribution in [0.4, 0.5) is 5.69 Å². The smallest absolute Gasteiger partial charge is 0.354 e. The Bertz CT molecular complexity index is 625. The fraction of sp³-hybridized carbons (Fsp3) is 0.375. The molecule has 6 nitrogen and oxygen atoms in total. The first kappa shape index (κ1) is 17.1. The van der Waals surface area contributed by atoms with Crippen LogP contribution in [0.5, 0.6) is 5.75 Å². The molecular formula is C16H18ClNO5. The second kappa shape index (κ2) is 7.87. The molecule has 1 aromatic carbocycles. The molecule has 0 radical (unpaired) electrons. The van der Waals surface area contributed by atoms with E-state index in [0.717, 1.165) is 6.08 Å². The Morgan fingerprint density at radius 2 is 2.04 bits per heavy atom. The minimum absolute atomic E-state index is 0.0536. The number of rotatable bonds is 7. The number of methoxy groups -OCH3 is 2. The molecule has 0 bridgehead atoms. The van der Waals surface area contributed by atoms with Gasteiger partial charge in [0.15, 0.2) is 0 Å². The zero-order chi connectivity index (χ0) is 16.8. The van der Waals surface area contributed by atoms with Crippen molar-refractivity contribution in [3.8, 4) is 5.75 Å². The maximum atomic E-state index is 11.7. The van der Waals surface area contributed by atoms with Crippen molar-refractivity contribution in [3.63, 3.8) is 0 Å². The summed E-state index contributed by atoms with van der Waals surface area (Å²) in [6.45, 7) is 0.655. The summed E-state index contributed by atoms with van der Waals surface area (Å²) in [5, 5.41) is 3.20. The van der Waals surface area contributed by atoms with Gasteiger partial charge in [-0.2, -0.15) is 0 Å². The molecule has 0 saturated heterocycles. The van der Waals surface area contributed by atoms with Gasteiger partial charge in [0.2, 0.25) is 0 Å². The third-order valence-electron chi connectivity index (χ3n) is 3.25. The summed E-state index contributed by atoms with van der Waals surface area (Å²) in [4.78, 5) is 23.0. The van der Waals surface area contributed by atoms with E-state index in [9.17, 15) is 9.59 Å². The Hall–Kier alpha value is -2.21. The molecule has 7 heteroatoms. The highest BCUT2D eigenvalue weighted by molar-refractivity contribution is 6.32. The van der Waals surface area contributed by atoms with Crippen molar-refractivity contribution in [2.24, 2.45) is 5.92 Å². The molecule has 124 valence electrons. The number of hydrogen-bond donors (Lipinski definition) is 1. The monoisotopic (exact) mass is 339 g/mol. The van der Waals surface area contributed by atoms with Crippen LogP contribution < -0.4 is 10.1 Å². The van der Waals surface area contributed by atoms with E-state index in [0.29, 0.717) is 29.0 Å². The molecule has 0 spiro atoms. The molecule has 0 aliphatic heterocycles. The van der Waals surface area contributed by atoms with E-state index in [1.54, 1.807) is 18.2 Å². The van der Waals surface area contributed by atoms with Crippen molar-refractivity contribution < 1.29 is 23.8 Å². The SMILES string of the molecule is COC(=O)/C=C(/Nc1ccc(OCC2CC2)c(Cl)c1)C(=O)OC. The van der Waals surface area contributed by atoms with Crippen molar-refractivity contribution in [2.75, 3.05) is 26.1 Å². The van der Waals surface area contributed by atoms with Gasteiger partial charge in [-0.1, -0.05) is 11.6 Å². The predicted octanol–water partition coefficient (Wildman–Crippen LogP) is 2.77. The number of anilines is 1. The van der Waals surface area contributed by atoms with Crippen LogP contribution in [0.25, 0.3) is 0 Å². The molecule has 1 aromatic rings. The number of ether oxygens (including phenoxy) is 3. The van der Waals surface area contributed by atoms with Crippen molar-refractivity contribution in [1.29, 1.82) is 0 Å². The van der Waals surface area contributed by atoms with Crippen molar-refractivity contribution >= 4 is 29.2 Å². The first-order chi connectivity index (χ1) is 11.0. The molecule has 1 N–H and O–H groups in total. The number of esters is 2. The zero-order valence-electron chi connectivity index (χ0n) is 12.9.